The zero-order chi connectivity index (χ0) is 14.4. The van der Waals surface area contributed by atoms with Gasteiger partial charge < -0.3 is 10.5 Å². The van der Waals surface area contributed by atoms with E-state index in [1.54, 1.807) is 0 Å². The molecule has 0 radical (unpaired) electrons. The number of benzene rings is 1. The first-order valence-corrected chi connectivity index (χ1v) is 8.35. The molecule has 1 atom stereocenters. The molecule has 1 aromatic rings. The van der Waals surface area contributed by atoms with Crippen molar-refractivity contribution in [2.45, 2.75) is 46.1 Å². The molecule has 1 unspecified atom stereocenters. The summed E-state index contributed by atoms with van der Waals surface area (Å²) in [5.74, 6) is 1.61. The van der Waals surface area contributed by atoms with Crippen LogP contribution in [0.1, 0.15) is 39.2 Å². The highest BCUT2D eigenvalue weighted by Crippen LogP contribution is 2.35. The van der Waals surface area contributed by atoms with Crippen LogP contribution in [0.2, 0.25) is 0 Å². The molecule has 0 amide bonds. The van der Waals surface area contributed by atoms with Gasteiger partial charge in [-0.25, -0.2) is 0 Å². The fourth-order valence-electron chi connectivity index (χ4n) is 1.91. The predicted octanol–water partition coefficient (Wildman–Crippen LogP) is 4.92. The van der Waals surface area contributed by atoms with E-state index >= 15 is 0 Å². The van der Waals surface area contributed by atoms with E-state index in [2.05, 4.69) is 57.8 Å². The third-order valence-corrected chi connectivity index (χ3v) is 3.97. The molecular formula is C15H23Br2NO. The smallest absolute Gasteiger partial charge is 0.147 e. The van der Waals surface area contributed by atoms with Crippen molar-refractivity contribution < 1.29 is 4.74 Å². The maximum Gasteiger partial charge on any atom is 0.147 e. The van der Waals surface area contributed by atoms with Gasteiger partial charge in [0.25, 0.3) is 0 Å². The molecule has 0 bridgehead atoms. The molecular weight excluding hydrogens is 370 g/mol. The Kier molecular flexibility index (Phi) is 7.40. The first-order valence-electron chi connectivity index (χ1n) is 6.76. The number of ether oxygens (including phenoxy) is 1. The fourth-order valence-corrected chi connectivity index (χ4v) is 3.42. The van der Waals surface area contributed by atoms with Gasteiger partial charge in [0, 0.05) is 6.04 Å². The van der Waals surface area contributed by atoms with Crippen molar-refractivity contribution in [1.82, 2.24) is 0 Å². The molecule has 4 heteroatoms. The van der Waals surface area contributed by atoms with Crippen molar-refractivity contribution >= 4 is 31.9 Å². The SMILES string of the molecule is CC(C)CCCOc1c(Br)cc(CC(C)N)cc1Br. The first kappa shape index (κ1) is 17.0. The van der Waals surface area contributed by atoms with Crippen LogP contribution >= 0.6 is 31.9 Å². The minimum absolute atomic E-state index is 0.164. The van der Waals surface area contributed by atoms with Crippen LogP contribution in [-0.4, -0.2) is 12.6 Å². The van der Waals surface area contributed by atoms with Crippen LogP contribution in [0, 0.1) is 5.92 Å². The van der Waals surface area contributed by atoms with Crippen LogP contribution in [0.3, 0.4) is 0 Å². The number of nitrogens with two attached hydrogens (primary N) is 1. The second-order valence-corrected chi connectivity index (χ2v) is 7.16. The summed E-state index contributed by atoms with van der Waals surface area (Å²) < 4.78 is 7.83. The van der Waals surface area contributed by atoms with E-state index < -0.39 is 0 Å². The minimum atomic E-state index is 0.164. The van der Waals surface area contributed by atoms with Gasteiger partial charge in [-0.2, -0.15) is 0 Å². The van der Waals surface area contributed by atoms with Crippen LogP contribution < -0.4 is 10.5 Å². The zero-order valence-electron chi connectivity index (χ0n) is 11.9. The van der Waals surface area contributed by atoms with Crippen molar-refractivity contribution in [3.05, 3.63) is 26.6 Å². The van der Waals surface area contributed by atoms with Crippen LogP contribution in [0.15, 0.2) is 21.1 Å². The molecule has 0 aliphatic heterocycles. The summed E-state index contributed by atoms with van der Waals surface area (Å²) >= 11 is 7.15. The molecule has 2 N–H and O–H groups in total. The van der Waals surface area contributed by atoms with Crippen molar-refractivity contribution in [3.63, 3.8) is 0 Å². The summed E-state index contributed by atoms with van der Waals surface area (Å²) in [5.41, 5.74) is 7.04. The predicted molar refractivity (Wildman–Crippen MR) is 88.8 cm³/mol. The van der Waals surface area contributed by atoms with Crippen molar-refractivity contribution in [2.75, 3.05) is 6.61 Å². The van der Waals surface area contributed by atoms with Gasteiger partial charge in [0.05, 0.1) is 15.6 Å². The second-order valence-electron chi connectivity index (χ2n) is 5.45. The molecule has 0 saturated heterocycles. The summed E-state index contributed by atoms with van der Waals surface area (Å²) in [6.07, 6.45) is 3.14. The first-order chi connectivity index (χ1) is 8.90. The molecule has 2 nitrogen and oxygen atoms in total. The summed E-state index contributed by atoms with van der Waals surface area (Å²) in [6, 6.07) is 4.34. The standard InChI is InChI=1S/C15H23Br2NO/c1-10(2)5-4-6-19-15-13(16)8-12(7-11(3)18)9-14(15)17/h8-11H,4-7,18H2,1-3H3. The lowest BCUT2D eigenvalue weighted by atomic mass is 10.1. The van der Waals surface area contributed by atoms with Crippen LogP contribution in [-0.2, 0) is 6.42 Å². The zero-order valence-corrected chi connectivity index (χ0v) is 15.1. The Balaban J connectivity index is 2.63. The van der Waals surface area contributed by atoms with Gasteiger partial charge in [-0.3, -0.25) is 0 Å². The van der Waals surface area contributed by atoms with Crippen LogP contribution in [0.5, 0.6) is 5.75 Å². The van der Waals surface area contributed by atoms with Gasteiger partial charge in [-0.1, -0.05) is 13.8 Å². The van der Waals surface area contributed by atoms with E-state index in [4.69, 9.17) is 10.5 Å². The molecule has 19 heavy (non-hydrogen) atoms. The Labute approximate surface area is 133 Å². The normalized spacial score (nSPS) is 12.8. The lowest BCUT2D eigenvalue weighted by molar-refractivity contribution is 0.294. The Bertz CT molecular complexity index is 382. The van der Waals surface area contributed by atoms with Gasteiger partial charge in [0.1, 0.15) is 5.75 Å². The van der Waals surface area contributed by atoms with Gasteiger partial charge in [-0.15, -0.1) is 0 Å². The summed E-state index contributed by atoms with van der Waals surface area (Å²) in [6.45, 7) is 7.23. The topological polar surface area (TPSA) is 35.2 Å². The number of hydrogen-bond acceptors (Lipinski definition) is 2. The average molecular weight is 393 g/mol. The van der Waals surface area contributed by atoms with E-state index in [1.165, 1.54) is 12.0 Å². The summed E-state index contributed by atoms with van der Waals surface area (Å²) in [4.78, 5) is 0. The molecule has 0 fully saturated rings. The van der Waals surface area contributed by atoms with E-state index in [0.717, 1.165) is 40.1 Å². The second kappa shape index (κ2) is 8.28. The number of rotatable bonds is 7. The lowest BCUT2D eigenvalue weighted by Gasteiger charge is -2.13. The van der Waals surface area contributed by atoms with Crippen molar-refractivity contribution in [1.29, 1.82) is 0 Å². The Morgan fingerprint density at radius 3 is 2.21 bits per heavy atom. The molecule has 108 valence electrons. The van der Waals surface area contributed by atoms with Gasteiger partial charge in [-0.05, 0) is 81.7 Å². The average Bonchev–Trinajstić information content (AvgIpc) is 2.25. The Hall–Kier alpha value is -0.0600. The highest BCUT2D eigenvalue weighted by Gasteiger charge is 2.10. The Morgan fingerprint density at radius 1 is 1.16 bits per heavy atom. The van der Waals surface area contributed by atoms with Crippen LogP contribution in [0.4, 0.5) is 0 Å². The Morgan fingerprint density at radius 2 is 1.74 bits per heavy atom. The van der Waals surface area contributed by atoms with Crippen LogP contribution in [0.25, 0.3) is 0 Å². The molecule has 0 aliphatic carbocycles. The molecule has 0 saturated carbocycles. The lowest BCUT2D eigenvalue weighted by Crippen LogP contribution is -2.17. The highest BCUT2D eigenvalue weighted by atomic mass is 79.9. The summed E-state index contributed by atoms with van der Waals surface area (Å²) in [5, 5.41) is 0. The van der Waals surface area contributed by atoms with Gasteiger partial charge in [0.15, 0.2) is 0 Å². The maximum atomic E-state index is 5.85. The molecule has 1 rings (SSSR count). The summed E-state index contributed by atoms with van der Waals surface area (Å²) in [7, 11) is 0. The minimum Gasteiger partial charge on any atom is -0.491 e. The van der Waals surface area contributed by atoms with E-state index in [0.29, 0.717) is 0 Å². The third-order valence-electron chi connectivity index (χ3n) is 2.79. The molecule has 0 heterocycles. The van der Waals surface area contributed by atoms with Crippen molar-refractivity contribution in [2.24, 2.45) is 11.7 Å². The van der Waals surface area contributed by atoms with Crippen molar-refractivity contribution in [3.8, 4) is 5.75 Å². The van der Waals surface area contributed by atoms with Gasteiger partial charge >= 0.3 is 0 Å². The molecule has 0 spiro atoms. The highest BCUT2D eigenvalue weighted by molar-refractivity contribution is 9.11. The van der Waals surface area contributed by atoms with E-state index in [1.807, 2.05) is 6.92 Å². The molecule has 0 aliphatic rings. The molecule has 1 aromatic carbocycles. The largest absolute Gasteiger partial charge is 0.491 e. The number of halogens is 2. The van der Waals surface area contributed by atoms with E-state index in [-0.39, 0.29) is 6.04 Å². The quantitative estimate of drug-likeness (QED) is 0.668. The van der Waals surface area contributed by atoms with Gasteiger partial charge in [0.2, 0.25) is 0 Å². The van der Waals surface area contributed by atoms with E-state index in [9.17, 15) is 0 Å². The third kappa shape index (κ3) is 6.28. The maximum absolute atomic E-state index is 5.85. The monoisotopic (exact) mass is 391 g/mol. The molecule has 0 aromatic heterocycles. The number of hydrogen-bond donors (Lipinski definition) is 1. The fraction of sp³-hybridized carbons (Fsp3) is 0.600.